The van der Waals surface area contributed by atoms with E-state index in [0.717, 1.165) is 24.4 Å². The zero-order valence-electron chi connectivity index (χ0n) is 12.5. The number of aromatic nitrogens is 2. The highest BCUT2D eigenvalue weighted by molar-refractivity contribution is 5.96. The van der Waals surface area contributed by atoms with Gasteiger partial charge in [-0.25, -0.2) is 4.68 Å². The van der Waals surface area contributed by atoms with Crippen LogP contribution in [0.1, 0.15) is 28.0 Å². The third-order valence-electron chi connectivity index (χ3n) is 3.83. The van der Waals surface area contributed by atoms with Crippen LogP contribution >= 0.6 is 0 Å². The van der Waals surface area contributed by atoms with Crippen LogP contribution < -0.4 is 0 Å². The maximum Gasteiger partial charge on any atom is 0.434 e. The first-order chi connectivity index (χ1) is 11.6. The molecule has 0 radical (unpaired) electrons. The molecule has 2 aromatic rings. The van der Waals surface area contributed by atoms with E-state index in [-0.39, 0.29) is 0 Å². The molecule has 3 rings (SSSR count). The molecule has 4 nitrogen and oxygen atoms in total. The first-order valence-corrected chi connectivity index (χ1v) is 7.21. The average Bonchev–Trinajstić information content (AvgIpc) is 2.89. The molecule has 0 atom stereocenters. The Morgan fingerprint density at radius 2 is 1.72 bits per heavy atom. The molecule has 1 aromatic carbocycles. The Morgan fingerprint density at radius 3 is 2.24 bits per heavy atom. The molecule has 134 valence electrons. The smallest absolute Gasteiger partial charge is 0.338 e. The van der Waals surface area contributed by atoms with E-state index < -0.39 is 40.8 Å². The molecule has 1 aliphatic heterocycles. The normalized spacial score (nSPS) is 15.2. The highest BCUT2D eigenvalue weighted by Crippen LogP contribution is 2.36. The molecule has 2 heterocycles. The summed E-state index contributed by atoms with van der Waals surface area (Å²) in [6.45, 7) is 0.676. The van der Waals surface area contributed by atoms with E-state index in [1.54, 1.807) is 0 Å². The van der Waals surface area contributed by atoms with Gasteiger partial charge in [-0.3, -0.25) is 4.79 Å². The predicted molar refractivity (Wildman–Crippen MR) is 74.1 cm³/mol. The van der Waals surface area contributed by atoms with Crippen LogP contribution in [0, 0.1) is 0 Å². The van der Waals surface area contributed by atoms with Crippen LogP contribution in [0.2, 0.25) is 0 Å². The molecule has 0 unspecified atom stereocenters. The van der Waals surface area contributed by atoms with E-state index >= 15 is 0 Å². The van der Waals surface area contributed by atoms with Crippen molar-refractivity contribution < 1.29 is 31.1 Å². The van der Waals surface area contributed by atoms with Crippen LogP contribution in [0.25, 0.3) is 5.69 Å². The number of likely N-dealkylation sites (tertiary alicyclic amines) is 1. The van der Waals surface area contributed by atoms with Gasteiger partial charge in [-0.15, -0.1) is 0 Å². The zero-order chi connectivity index (χ0) is 18.4. The van der Waals surface area contributed by atoms with Gasteiger partial charge < -0.3 is 4.90 Å². The number of benzene rings is 1. The number of halogens is 6. The molecule has 1 aliphatic rings. The van der Waals surface area contributed by atoms with E-state index in [0.29, 0.717) is 30.3 Å². The van der Waals surface area contributed by atoms with E-state index in [1.165, 1.54) is 4.90 Å². The first-order valence-electron chi connectivity index (χ1n) is 7.21. The second-order valence-electron chi connectivity index (χ2n) is 5.51. The SMILES string of the molecule is O=C(c1cnn(-c2cccc(C(F)(F)F)c2)c1C(F)(F)F)N1CCC1. The second-order valence-corrected chi connectivity index (χ2v) is 5.51. The van der Waals surface area contributed by atoms with E-state index in [2.05, 4.69) is 5.10 Å². The average molecular weight is 363 g/mol. The topological polar surface area (TPSA) is 38.1 Å². The molecule has 25 heavy (non-hydrogen) atoms. The van der Waals surface area contributed by atoms with Crippen molar-refractivity contribution in [3.05, 3.63) is 47.3 Å². The number of carbonyl (C=O) groups is 1. The maximum atomic E-state index is 13.5. The minimum Gasteiger partial charge on any atom is -0.338 e. The van der Waals surface area contributed by atoms with Gasteiger partial charge >= 0.3 is 12.4 Å². The van der Waals surface area contributed by atoms with Gasteiger partial charge in [0.25, 0.3) is 5.91 Å². The van der Waals surface area contributed by atoms with E-state index in [9.17, 15) is 31.1 Å². The van der Waals surface area contributed by atoms with Gasteiger partial charge in [0.05, 0.1) is 23.0 Å². The van der Waals surface area contributed by atoms with Crippen molar-refractivity contribution in [1.82, 2.24) is 14.7 Å². The largest absolute Gasteiger partial charge is 0.434 e. The molecule has 0 spiro atoms. The quantitative estimate of drug-likeness (QED) is 0.762. The lowest BCUT2D eigenvalue weighted by Crippen LogP contribution is -2.42. The summed E-state index contributed by atoms with van der Waals surface area (Å²) in [4.78, 5) is 13.4. The Bertz CT molecular complexity index is 804. The van der Waals surface area contributed by atoms with Crippen molar-refractivity contribution in [2.24, 2.45) is 0 Å². The number of carbonyl (C=O) groups excluding carboxylic acids is 1. The zero-order valence-corrected chi connectivity index (χ0v) is 12.5. The Hall–Kier alpha value is -2.52. The predicted octanol–water partition coefficient (Wildman–Crippen LogP) is 3.76. The van der Waals surface area contributed by atoms with Crippen molar-refractivity contribution >= 4 is 5.91 Å². The lowest BCUT2D eigenvalue weighted by molar-refractivity contribution is -0.143. The Morgan fingerprint density at radius 1 is 1.04 bits per heavy atom. The molecule has 1 saturated heterocycles. The van der Waals surface area contributed by atoms with Crippen LogP contribution in [0.4, 0.5) is 26.3 Å². The summed E-state index contributed by atoms with van der Waals surface area (Å²) in [5, 5.41) is 3.52. The molecule has 1 aromatic heterocycles. The summed E-state index contributed by atoms with van der Waals surface area (Å²) in [7, 11) is 0. The minimum absolute atomic E-state index is 0.322. The van der Waals surface area contributed by atoms with Crippen LogP contribution in [-0.4, -0.2) is 33.7 Å². The Balaban J connectivity index is 2.11. The van der Waals surface area contributed by atoms with E-state index in [1.807, 2.05) is 0 Å². The number of rotatable bonds is 2. The van der Waals surface area contributed by atoms with Crippen molar-refractivity contribution in [3.8, 4) is 5.69 Å². The van der Waals surface area contributed by atoms with Crippen LogP contribution in [-0.2, 0) is 12.4 Å². The van der Waals surface area contributed by atoms with E-state index in [4.69, 9.17) is 0 Å². The molecule has 0 saturated carbocycles. The standard InChI is InChI=1S/C15H11F6N3O/c16-14(17,18)9-3-1-4-10(7-9)24-12(15(19,20)21)11(8-22-24)13(25)23-5-2-6-23/h1,3-4,7-8H,2,5-6H2. The van der Waals surface area contributed by atoms with Gasteiger partial charge in [0.15, 0.2) is 5.69 Å². The molecule has 0 aliphatic carbocycles. The van der Waals surface area contributed by atoms with Crippen molar-refractivity contribution in [3.63, 3.8) is 0 Å². The molecule has 1 fully saturated rings. The summed E-state index contributed by atoms with van der Waals surface area (Å²) >= 11 is 0. The van der Waals surface area contributed by atoms with Gasteiger partial charge in [0, 0.05) is 13.1 Å². The summed E-state index contributed by atoms with van der Waals surface area (Å²) in [5.41, 5.74) is -3.60. The Labute approximate surface area is 137 Å². The van der Waals surface area contributed by atoms with Crippen molar-refractivity contribution in [1.29, 1.82) is 0 Å². The number of hydrogen-bond acceptors (Lipinski definition) is 2. The number of hydrogen-bond donors (Lipinski definition) is 0. The minimum atomic E-state index is -4.96. The third-order valence-corrected chi connectivity index (χ3v) is 3.83. The third kappa shape index (κ3) is 3.20. The van der Waals surface area contributed by atoms with Gasteiger partial charge in [0.2, 0.25) is 0 Å². The van der Waals surface area contributed by atoms with Gasteiger partial charge in [-0.2, -0.15) is 31.4 Å². The highest BCUT2D eigenvalue weighted by Gasteiger charge is 2.42. The summed E-state index contributed by atoms with van der Waals surface area (Å²) in [6, 6.07) is 3.35. The fourth-order valence-electron chi connectivity index (χ4n) is 2.48. The summed E-state index contributed by atoms with van der Waals surface area (Å²) < 4.78 is 79.1. The summed E-state index contributed by atoms with van der Waals surface area (Å²) in [5.74, 6) is -0.836. The van der Waals surface area contributed by atoms with Gasteiger partial charge in [0.1, 0.15) is 0 Å². The molecule has 10 heteroatoms. The Kier molecular flexibility index (Phi) is 4.00. The fourth-order valence-corrected chi connectivity index (χ4v) is 2.48. The lowest BCUT2D eigenvalue weighted by atomic mass is 10.1. The molecular weight excluding hydrogens is 352 g/mol. The van der Waals surface area contributed by atoms with Crippen LogP contribution in [0.15, 0.2) is 30.5 Å². The van der Waals surface area contributed by atoms with Crippen molar-refractivity contribution in [2.45, 2.75) is 18.8 Å². The lowest BCUT2D eigenvalue weighted by Gasteiger charge is -2.30. The second kappa shape index (κ2) is 5.78. The van der Waals surface area contributed by atoms with Crippen LogP contribution in [0.3, 0.4) is 0 Å². The van der Waals surface area contributed by atoms with Gasteiger partial charge in [-0.1, -0.05) is 6.07 Å². The van der Waals surface area contributed by atoms with Crippen molar-refractivity contribution in [2.75, 3.05) is 13.1 Å². The molecule has 0 N–H and O–H groups in total. The molecule has 0 bridgehead atoms. The highest BCUT2D eigenvalue weighted by atomic mass is 19.4. The number of alkyl halides is 6. The van der Waals surface area contributed by atoms with Gasteiger partial charge in [-0.05, 0) is 24.6 Å². The monoisotopic (exact) mass is 363 g/mol. The number of nitrogens with zero attached hydrogens (tertiary/aromatic N) is 3. The summed E-state index contributed by atoms with van der Waals surface area (Å²) in [6.07, 6.45) is -8.24. The van der Waals surface area contributed by atoms with Crippen LogP contribution in [0.5, 0.6) is 0 Å². The first kappa shape index (κ1) is 17.3. The number of amides is 1. The maximum absolute atomic E-state index is 13.5. The fraction of sp³-hybridized carbons (Fsp3) is 0.333. The molecule has 1 amide bonds. The molecular formula is C15H11F6N3O.